The molecule has 0 saturated heterocycles. The van der Waals surface area contributed by atoms with Crippen molar-refractivity contribution in [3.63, 3.8) is 0 Å². The minimum Gasteiger partial charge on any atom is -0.328 e. The van der Waals surface area contributed by atoms with Gasteiger partial charge in [-0.15, -0.1) is 11.3 Å². The summed E-state index contributed by atoms with van der Waals surface area (Å²) < 4.78 is 1.79. The second-order valence-corrected chi connectivity index (χ2v) is 7.96. The summed E-state index contributed by atoms with van der Waals surface area (Å²) >= 11 is 7.89. The molecule has 5 rings (SSSR count). The minimum atomic E-state index is -0.307. The van der Waals surface area contributed by atoms with E-state index >= 15 is 0 Å². The van der Waals surface area contributed by atoms with Crippen LogP contribution < -0.4 is 5.32 Å². The van der Waals surface area contributed by atoms with Crippen LogP contribution in [0.2, 0.25) is 5.02 Å². The Morgan fingerprint density at radius 2 is 2.19 bits per heavy atom. The molecule has 1 aromatic carbocycles. The molecule has 3 heterocycles. The van der Waals surface area contributed by atoms with Crippen molar-refractivity contribution in [1.82, 2.24) is 14.8 Å². The maximum Gasteiger partial charge on any atom is 0.226 e. The van der Waals surface area contributed by atoms with Gasteiger partial charge in [0.15, 0.2) is 0 Å². The summed E-state index contributed by atoms with van der Waals surface area (Å²) in [5, 5.41) is 10.4. The van der Waals surface area contributed by atoms with E-state index in [9.17, 15) is 4.79 Å². The van der Waals surface area contributed by atoms with E-state index in [2.05, 4.69) is 27.5 Å². The fourth-order valence-corrected chi connectivity index (χ4v) is 4.88. The largest absolute Gasteiger partial charge is 0.328 e. The number of ketones is 1. The van der Waals surface area contributed by atoms with E-state index in [-0.39, 0.29) is 23.7 Å². The van der Waals surface area contributed by atoms with Gasteiger partial charge in [0.25, 0.3) is 0 Å². The van der Waals surface area contributed by atoms with E-state index in [0.717, 1.165) is 11.3 Å². The van der Waals surface area contributed by atoms with Gasteiger partial charge < -0.3 is 5.32 Å². The van der Waals surface area contributed by atoms with Crippen molar-refractivity contribution in [2.24, 2.45) is 5.92 Å². The van der Waals surface area contributed by atoms with Crippen LogP contribution in [0.25, 0.3) is 0 Å². The number of Topliss-reactive ketones (excluding diaryl/α,β-unsaturated/α-hetero) is 1. The minimum absolute atomic E-state index is 0.107. The van der Waals surface area contributed by atoms with E-state index < -0.39 is 0 Å². The van der Waals surface area contributed by atoms with Gasteiger partial charge in [0.2, 0.25) is 5.95 Å². The number of halogens is 1. The quantitative estimate of drug-likeness (QED) is 0.719. The molecule has 0 spiro atoms. The van der Waals surface area contributed by atoms with Crippen molar-refractivity contribution in [2.45, 2.75) is 18.4 Å². The first-order valence-corrected chi connectivity index (χ1v) is 9.66. The number of rotatable bonds is 2. The Morgan fingerprint density at radius 3 is 3.00 bits per heavy atom. The molecule has 2 aliphatic rings. The van der Waals surface area contributed by atoms with Crippen LogP contribution in [0.4, 0.5) is 5.95 Å². The number of nitrogens with zero attached hydrogens (tertiary/aromatic N) is 3. The number of fused-ring (bicyclic) bond motifs is 2. The van der Waals surface area contributed by atoms with Gasteiger partial charge in [0.05, 0.1) is 12.0 Å². The zero-order chi connectivity index (χ0) is 17.7. The molecule has 0 unspecified atom stereocenters. The van der Waals surface area contributed by atoms with E-state index in [1.807, 2.05) is 35.7 Å². The Morgan fingerprint density at radius 1 is 1.27 bits per heavy atom. The zero-order valence-corrected chi connectivity index (χ0v) is 15.2. The van der Waals surface area contributed by atoms with Crippen LogP contribution in [-0.2, 0) is 4.79 Å². The average molecular weight is 383 g/mol. The van der Waals surface area contributed by atoms with Gasteiger partial charge in [0.1, 0.15) is 12.1 Å². The fourth-order valence-electron chi connectivity index (χ4n) is 3.88. The number of thiophene rings is 1. The third-order valence-electron chi connectivity index (χ3n) is 4.99. The van der Waals surface area contributed by atoms with Gasteiger partial charge >= 0.3 is 0 Å². The normalized spacial score (nSPS) is 24.4. The lowest BCUT2D eigenvalue weighted by molar-refractivity contribution is -0.123. The van der Waals surface area contributed by atoms with E-state index in [1.54, 1.807) is 16.0 Å². The Balaban J connectivity index is 1.64. The third-order valence-corrected chi connectivity index (χ3v) is 6.23. The highest BCUT2D eigenvalue weighted by atomic mass is 35.5. The van der Waals surface area contributed by atoms with Gasteiger partial charge in [-0.05, 0) is 29.1 Å². The fraction of sp³-hybridized carbons (Fsp3) is 0.211. The van der Waals surface area contributed by atoms with E-state index in [1.165, 1.54) is 11.2 Å². The summed E-state index contributed by atoms with van der Waals surface area (Å²) in [5.74, 6) is 0.659. The van der Waals surface area contributed by atoms with Gasteiger partial charge in [0, 0.05) is 27.9 Å². The Labute approximate surface area is 159 Å². The van der Waals surface area contributed by atoms with Gasteiger partial charge in [-0.3, -0.25) is 4.79 Å². The number of allylic oxidation sites excluding steroid dienone is 2. The third kappa shape index (κ3) is 2.48. The molecule has 5 nitrogen and oxygen atoms in total. The molecule has 130 valence electrons. The molecule has 1 N–H and O–H groups in total. The van der Waals surface area contributed by atoms with Gasteiger partial charge in [-0.25, -0.2) is 4.68 Å². The van der Waals surface area contributed by atoms with Gasteiger partial charge in [-0.1, -0.05) is 35.9 Å². The van der Waals surface area contributed by atoms with Crippen LogP contribution in [0, 0.1) is 5.92 Å². The smallest absolute Gasteiger partial charge is 0.226 e. The summed E-state index contributed by atoms with van der Waals surface area (Å²) in [6.07, 6.45) is 4.18. The molecule has 3 atom stereocenters. The number of hydrogen-bond acceptors (Lipinski definition) is 5. The summed E-state index contributed by atoms with van der Waals surface area (Å²) in [5.41, 5.74) is 1.87. The van der Waals surface area contributed by atoms with E-state index in [4.69, 9.17) is 11.6 Å². The summed E-state index contributed by atoms with van der Waals surface area (Å²) in [7, 11) is 0. The summed E-state index contributed by atoms with van der Waals surface area (Å²) in [6, 6.07) is 11.5. The SMILES string of the molecule is O=C1C[C@@H](c2cccs2)C=C2Nc3ncnn3[C@H](c3cccc(Cl)c3)[C@@H]12. The second kappa shape index (κ2) is 6.07. The molecule has 0 radical (unpaired) electrons. The lowest BCUT2D eigenvalue weighted by Gasteiger charge is -2.37. The average Bonchev–Trinajstić information content (AvgIpc) is 3.31. The predicted octanol–water partition coefficient (Wildman–Crippen LogP) is 4.26. The lowest BCUT2D eigenvalue weighted by atomic mass is 9.77. The van der Waals surface area contributed by atoms with Crippen molar-refractivity contribution in [1.29, 1.82) is 0 Å². The number of carbonyl (C=O) groups excluding carboxylic acids is 1. The topological polar surface area (TPSA) is 59.8 Å². The highest BCUT2D eigenvalue weighted by Gasteiger charge is 2.43. The zero-order valence-electron chi connectivity index (χ0n) is 13.7. The highest BCUT2D eigenvalue weighted by molar-refractivity contribution is 7.10. The molecule has 2 aromatic heterocycles. The number of carbonyl (C=O) groups is 1. The molecule has 0 saturated carbocycles. The number of nitrogens with one attached hydrogen (secondary N) is 1. The Hall–Kier alpha value is -2.44. The van der Waals surface area contributed by atoms with Crippen molar-refractivity contribution < 1.29 is 4.79 Å². The summed E-state index contributed by atoms with van der Waals surface area (Å²) in [4.78, 5) is 18.7. The second-order valence-electron chi connectivity index (χ2n) is 6.55. The monoisotopic (exact) mass is 382 g/mol. The molecule has 0 fully saturated rings. The molecule has 7 heteroatoms. The van der Waals surface area contributed by atoms with Crippen molar-refractivity contribution in [3.8, 4) is 0 Å². The number of anilines is 1. The van der Waals surface area contributed by atoms with Crippen molar-refractivity contribution in [2.75, 3.05) is 5.32 Å². The first kappa shape index (κ1) is 15.8. The first-order chi connectivity index (χ1) is 12.7. The molecule has 0 bridgehead atoms. The lowest BCUT2D eigenvalue weighted by Crippen LogP contribution is -2.40. The Kier molecular flexibility index (Phi) is 3.69. The van der Waals surface area contributed by atoms with Crippen LogP contribution >= 0.6 is 22.9 Å². The van der Waals surface area contributed by atoms with Crippen LogP contribution in [-0.4, -0.2) is 20.5 Å². The standard InChI is InChI=1S/C19H15ClN4OS/c20-13-4-1-3-11(7-13)18-17-14(23-19-21-10-22-24(18)19)8-12(9-15(17)25)16-5-2-6-26-16/h1-8,10,12,17-18H,9H2,(H,21,22,23)/t12-,17+,18+/m0/s1. The molecule has 1 aliphatic heterocycles. The Bertz CT molecular complexity index is 1010. The summed E-state index contributed by atoms with van der Waals surface area (Å²) in [6.45, 7) is 0. The predicted molar refractivity (Wildman–Crippen MR) is 101 cm³/mol. The molecule has 1 aliphatic carbocycles. The van der Waals surface area contributed by atoms with Gasteiger partial charge in [-0.2, -0.15) is 10.1 Å². The van der Waals surface area contributed by atoms with Crippen LogP contribution in [0.1, 0.15) is 28.8 Å². The molecule has 3 aromatic rings. The number of benzene rings is 1. The molecular formula is C19H15ClN4OS. The van der Waals surface area contributed by atoms with Crippen LogP contribution in [0.3, 0.4) is 0 Å². The molecular weight excluding hydrogens is 368 g/mol. The molecule has 0 amide bonds. The molecule has 26 heavy (non-hydrogen) atoms. The van der Waals surface area contributed by atoms with Crippen LogP contribution in [0.15, 0.2) is 59.9 Å². The maximum atomic E-state index is 13.2. The number of hydrogen-bond donors (Lipinski definition) is 1. The van der Waals surface area contributed by atoms with Crippen LogP contribution in [0.5, 0.6) is 0 Å². The van der Waals surface area contributed by atoms with Crippen molar-refractivity contribution >= 4 is 34.7 Å². The highest BCUT2D eigenvalue weighted by Crippen LogP contribution is 2.44. The van der Waals surface area contributed by atoms with Crippen molar-refractivity contribution in [3.05, 3.63) is 75.3 Å². The number of aromatic nitrogens is 3. The maximum absolute atomic E-state index is 13.2. The first-order valence-electron chi connectivity index (χ1n) is 8.40. The van der Waals surface area contributed by atoms with E-state index in [0.29, 0.717) is 17.4 Å².